The predicted molar refractivity (Wildman–Crippen MR) is 130 cm³/mol. The first-order valence-corrected chi connectivity index (χ1v) is 12.8. The number of carbonyl (C=O) groups excluding carboxylic acids is 1. The van der Waals surface area contributed by atoms with Gasteiger partial charge in [-0.2, -0.15) is 8.42 Å². The maximum Gasteiger partial charge on any atom is 0.339 e. The molecule has 1 saturated heterocycles. The molecule has 2 aromatic rings. The van der Waals surface area contributed by atoms with Gasteiger partial charge in [0.05, 0.1) is 21.3 Å². The van der Waals surface area contributed by atoms with Crippen LogP contribution in [0.2, 0.25) is 0 Å². The summed E-state index contributed by atoms with van der Waals surface area (Å²) in [6.45, 7) is 5.00. The molecule has 8 nitrogen and oxygen atoms in total. The van der Waals surface area contributed by atoms with Crippen molar-refractivity contribution >= 4 is 21.7 Å². The van der Waals surface area contributed by atoms with E-state index in [-0.39, 0.29) is 28.1 Å². The first-order valence-electron chi connectivity index (χ1n) is 11.4. The molecule has 0 saturated carbocycles. The van der Waals surface area contributed by atoms with Crippen LogP contribution in [-0.4, -0.2) is 42.2 Å². The normalized spacial score (nSPS) is 17.3. The first-order chi connectivity index (χ1) is 16.2. The molecular formula is C25H33NO7S. The number of amides is 1. The molecule has 0 bridgehead atoms. The minimum absolute atomic E-state index is 0.0242. The zero-order chi connectivity index (χ0) is 24.9. The van der Waals surface area contributed by atoms with E-state index in [1.807, 2.05) is 0 Å². The zero-order valence-corrected chi connectivity index (χ0v) is 21.2. The fraction of sp³-hybridized carbons (Fsp3) is 0.480. The van der Waals surface area contributed by atoms with Crippen LogP contribution in [0.1, 0.15) is 39.5 Å². The molecule has 0 radical (unpaired) electrons. The minimum Gasteiger partial charge on any atom is -0.493 e. The van der Waals surface area contributed by atoms with Crippen molar-refractivity contribution in [1.82, 2.24) is 0 Å². The van der Waals surface area contributed by atoms with Gasteiger partial charge in [0.25, 0.3) is 0 Å². The molecule has 0 aromatic heterocycles. The van der Waals surface area contributed by atoms with Crippen LogP contribution in [0.5, 0.6) is 23.0 Å². The molecular weight excluding hydrogens is 458 g/mol. The smallest absolute Gasteiger partial charge is 0.339 e. The molecule has 186 valence electrons. The summed E-state index contributed by atoms with van der Waals surface area (Å²) in [7, 11) is 0.198. The molecule has 0 aliphatic carbocycles. The summed E-state index contributed by atoms with van der Waals surface area (Å²) in [6, 6.07) is 8.99. The van der Waals surface area contributed by atoms with E-state index in [1.54, 1.807) is 17.0 Å². The molecule has 2 atom stereocenters. The van der Waals surface area contributed by atoms with E-state index in [2.05, 4.69) is 13.8 Å². The van der Waals surface area contributed by atoms with E-state index in [0.29, 0.717) is 36.2 Å². The molecule has 34 heavy (non-hydrogen) atoms. The summed E-state index contributed by atoms with van der Waals surface area (Å²) in [4.78, 5) is 14.5. The summed E-state index contributed by atoms with van der Waals surface area (Å²) in [5.74, 6) is 1.90. The Morgan fingerprint density at radius 1 is 1.03 bits per heavy atom. The predicted octanol–water partition coefficient (Wildman–Crippen LogP) is 4.66. The van der Waals surface area contributed by atoms with Gasteiger partial charge in [0, 0.05) is 30.8 Å². The van der Waals surface area contributed by atoms with Gasteiger partial charge in [-0.15, -0.1) is 0 Å². The van der Waals surface area contributed by atoms with Gasteiger partial charge in [0.15, 0.2) is 17.2 Å². The monoisotopic (exact) mass is 491 g/mol. The number of nitrogens with zero attached hydrogens (tertiary/aromatic N) is 1. The van der Waals surface area contributed by atoms with Crippen molar-refractivity contribution in [3.63, 3.8) is 0 Å². The number of hydrogen-bond donors (Lipinski definition) is 0. The Bertz CT molecular complexity index is 1070. The highest BCUT2D eigenvalue weighted by atomic mass is 32.2. The quantitative estimate of drug-likeness (QED) is 0.447. The first kappa shape index (κ1) is 25.7. The number of benzene rings is 2. The van der Waals surface area contributed by atoms with E-state index < -0.39 is 10.1 Å². The van der Waals surface area contributed by atoms with Crippen LogP contribution in [0.4, 0.5) is 5.69 Å². The van der Waals surface area contributed by atoms with Crippen LogP contribution >= 0.6 is 0 Å². The Hall–Kier alpha value is -2.94. The molecule has 1 aliphatic heterocycles. The highest BCUT2D eigenvalue weighted by molar-refractivity contribution is 7.87. The third kappa shape index (κ3) is 5.58. The van der Waals surface area contributed by atoms with Gasteiger partial charge in [-0.05, 0) is 42.5 Å². The summed E-state index contributed by atoms with van der Waals surface area (Å²) in [5.41, 5.74) is 0.679. The lowest BCUT2D eigenvalue weighted by molar-refractivity contribution is -0.121. The van der Waals surface area contributed by atoms with Gasteiger partial charge in [-0.25, -0.2) is 0 Å². The van der Waals surface area contributed by atoms with E-state index in [1.165, 1.54) is 45.6 Å². The number of hydrogen-bond acceptors (Lipinski definition) is 7. The van der Waals surface area contributed by atoms with Gasteiger partial charge < -0.3 is 23.3 Å². The van der Waals surface area contributed by atoms with Crippen LogP contribution < -0.4 is 23.3 Å². The topological polar surface area (TPSA) is 91.4 Å². The second-order valence-corrected chi connectivity index (χ2v) is 10.0. The van der Waals surface area contributed by atoms with Crippen molar-refractivity contribution in [2.45, 2.75) is 44.4 Å². The average molecular weight is 492 g/mol. The SMILES string of the molecule is CCCC(C)C1CCN(c2ccc(S(=O)(=O)Oc3cc(OC)c(OC)c(OC)c3)cc2)C(=O)C1. The largest absolute Gasteiger partial charge is 0.493 e. The van der Waals surface area contributed by atoms with E-state index >= 15 is 0 Å². The van der Waals surface area contributed by atoms with Crippen molar-refractivity contribution < 1.29 is 31.6 Å². The summed E-state index contributed by atoms with van der Waals surface area (Å²) in [5, 5.41) is 0. The number of methoxy groups -OCH3 is 3. The zero-order valence-electron chi connectivity index (χ0n) is 20.4. The molecule has 1 fully saturated rings. The molecule has 0 N–H and O–H groups in total. The van der Waals surface area contributed by atoms with Gasteiger partial charge in [-0.3, -0.25) is 4.79 Å². The maximum absolute atomic E-state index is 12.9. The van der Waals surface area contributed by atoms with Crippen LogP contribution in [0.3, 0.4) is 0 Å². The van der Waals surface area contributed by atoms with E-state index in [9.17, 15) is 13.2 Å². The molecule has 3 rings (SSSR count). The highest BCUT2D eigenvalue weighted by Crippen LogP contribution is 2.41. The van der Waals surface area contributed by atoms with Gasteiger partial charge in [0.1, 0.15) is 4.90 Å². The minimum atomic E-state index is -4.13. The Balaban J connectivity index is 1.75. The molecule has 0 spiro atoms. The highest BCUT2D eigenvalue weighted by Gasteiger charge is 2.30. The second kappa shape index (κ2) is 11.0. The lowest BCUT2D eigenvalue weighted by Gasteiger charge is -2.34. The summed E-state index contributed by atoms with van der Waals surface area (Å²) >= 11 is 0. The summed E-state index contributed by atoms with van der Waals surface area (Å²) in [6.07, 6.45) is 3.70. The van der Waals surface area contributed by atoms with Crippen molar-refractivity contribution in [3.05, 3.63) is 36.4 Å². The van der Waals surface area contributed by atoms with Crippen LogP contribution in [-0.2, 0) is 14.9 Å². The van der Waals surface area contributed by atoms with Crippen LogP contribution in [0.25, 0.3) is 0 Å². The number of carbonyl (C=O) groups is 1. The van der Waals surface area contributed by atoms with E-state index in [0.717, 1.165) is 19.3 Å². The lowest BCUT2D eigenvalue weighted by atomic mass is 9.82. The Morgan fingerprint density at radius 2 is 1.65 bits per heavy atom. The number of anilines is 1. The van der Waals surface area contributed by atoms with Gasteiger partial charge in [0.2, 0.25) is 11.7 Å². The molecule has 1 aliphatic rings. The lowest BCUT2D eigenvalue weighted by Crippen LogP contribution is -2.40. The van der Waals surface area contributed by atoms with Crippen molar-refractivity contribution in [1.29, 1.82) is 0 Å². The molecule has 9 heteroatoms. The number of rotatable bonds is 10. The fourth-order valence-corrected chi connectivity index (χ4v) is 5.29. The number of ether oxygens (including phenoxy) is 3. The third-order valence-corrected chi connectivity index (χ3v) is 7.55. The van der Waals surface area contributed by atoms with Gasteiger partial charge in [-0.1, -0.05) is 26.7 Å². The van der Waals surface area contributed by atoms with Crippen molar-refractivity contribution in [2.24, 2.45) is 11.8 Å². The van der Waals surface area contributed by atoms with Gasteiger partial charge >= 0.3 is 10.1 Å². The fourth-order valence-electron chi connectivity index (χ4n) is 4.38. The van der Waals surface area contributed by atoms with Crippen molar-refractivity contribution in [2.75, 3.05) is 32.8 Å². The molecule has 2 aromatic carbocycles. The third-order valence-electron chi connectivity index (χ3n) is 6.29. The Labute approximate surface area is 201 Å². The standard InChI is InChI=1S/C25H33NO7S/c1-6-7-17(2)18-12-13-26(24(27)14-18)19-8-10-21(11-9-19)34(28,29)33-20-15-22(30-3)25(32-5)23(16-20)31-4/h8-11,15-18H,6-7,12-14H2,1-5H3. The Morgan fingerprint density at radius 3 is 2.15 bits per heavy atom. The Kier molecular flexibility index (Phi) is 8.30. The van der Waals surface area contributed by atoms with E-state index in [4.69, 9.17) is 18.4 Å². The molecule has 2 unspecified atom stereocenters. The van der Waals surface area contributed by atoms with Crippen LogP contribution in [0, 0.1) is 11.8 Å². The average Bonchev–Trinajstić information content (AvgIpc) is 2.83. The maximum atomic E-state index is 12.9. The molecule has 1 heterocycles. The second-order valence-electron chi connectivity index (χ2n) is 8.46. The summed E-state index contributed by atoms with van der Waals surface area (Å²) < 4.78 is 46.8. The van der Waals surface area contributed by atoms with Crippen LogP contribution in [0.15, 0.2) is 41.3 Å². The van der Waals surface area contributed by atoms with Crippen molar-refractivity contribution in [3.8, 4) is 23.0 Å². The molecule has 1 amide bonds. The number of piperidine rings is 1.